The summed E-state index contributed by atoms with van der Waals surface area (Å²) < 4.78 is 5.70. The number of hydrogen-bond acceptors (Lipinski definition) is 4. The van der Waals surface area contributed by atoms with Crippen molar-refractivity contribution >= 4 is 0 Å². The number of aliphatic hydroxyl groups is 1. The summed E-state index contributed by atoms with van der Waals surface area (Å²) in [4.78, 5) is 8.02. The minimum Gasteiger partial charge on any atom is -0.493 e. The first-order valence-electron chi connectivity index (χ1n) is 5.97. The lowest BCUT2D eigenvalue weighted by Gasteiger charge is -2.12. The molecule has 0 bridgehead atoms. The second-order valence-corrected chi connectivity index (χ2v) is 3.96. The van der Waals surface area contributed by atoms with Gasteiger partial charge in [0.05, 0.1) is 13.2 Å². The Hall–Kier alpha value is -1.94. The fraction of sp³-hybridized carbons (Fsp3) is 0.286. The highest BCUT2D eigenvalue weighted by Crippen LogP contribution is 2.30. The van der Waals surface area contributed by atoms with Crippen molar-refractivity contribution in [3.05, 3.63) is 42.5 Å². The molecule has 0 saturated heterocycles. The highest BCUT2D eigenvalue weighted by Gasteiger charge is 2.08. The zero-order valence-electron chi connectivity index (χ0n) is 10.3. The Morgan fingerprint density at radius 1 is 1.22 bits per heavy atom. The predicted octanol–water partition coefficient (Wildman–Crippen LogP) is 2.42. The van der Waals surface area contributed by atoms with Gasteiger partial charge in [0.2, 0.25) is 0 Å². The van der Waals surface area contributed by atoms with Gasteiger partial charge in [0, 0.05) is 23.5 Å². The minimum atomic E-state index is 0.00868. The lowest BCUT2D eigenvalue weighted by Crippen LogP contribution is -1.98. The molecule has 0 fully saturated rings. The highest BCUT2D eigenvalue weighted by atomic mass is 16.5. The van der Waals surface area contributed by atoms with Crippen LogP contribution in [0.5, 0.6) is 5.75 Å². The third kappa shape index (κ3) is 2.84. The summed E-state index contributed by atoms with van der Waals surface area (Å²) in [6, 6.07) is 5.64. The van der Waals surface area contributed by atoms with Gasteiger partial charge >= 0.3 is 0 Å². The fourth-order valence-corrected chi connectivity index (χ4v) is 1.68. The van der Waals surface area contributed by atoms with E-state index >= 15 is 0 Å². The molecule has 0 atom stereocenters. The molecule has 0 radical (unpaired) electrons. The van der Waals surface area contributed by atoms with Gasteiger partial charge in [-0.2, -0.15) is 0 Å². The Balaban J connectivity index is 2.41. The topological polar surface area (TPSA) is 55.2 Å². The van der Waals surface area contributed by atoms with E-state index < -0.39 is 0 Å². The van der Waals surface area contributed by atoms with Crippen molar-refractivity contribution in [1.29, 1.82) is 0 Å². The lowest BCUT2D eigenvalue weighted by molar-refractivity contribution is 0.281. The molecule has 1 aromatic heterocycles. The van der Waals surface area contributed by atoms with Crippen molar-refractivity contribution in [2.75, 3.05) is 6.61 Å². The first-order chi connectivity index (χ1) is 8.85. The fourth-order valence-electron chi connectivity index (χ4n) is 1.68. The number of hydrogen-bond donors (Lipinski definition) is 1. The SMILES string of the molecule is CCCOc1ccc(CO)cc1-c1cncnc1. The first kappa shape index (κ1) is 12.5. The van der Waals surface area contributed by atoms with Crippen LogP contribution in [0.3, 0.4) is 0 Å². The molecular weight excluding hydrogens is 228 g/mol. The molecule has 2 aromatic rings. The lowest BCUT2D eigenvalue weighted by atomic mass is 10.0. The number of aliphatic hydroxyl groups excluding tert-OH is 1. The average molecular weight is 244 g/mol. The molecule has 0 unspecified atom stereocenters. The molecule has 0 aliphatic carbocycles. The summed E-state index contributed by atoms with van der Waals surface area (Å²) in [5.41, 5.74) is 2.65. The average Bonchev–Trinajstić information content (AvgIpc) is 2.46. The van der Waals surface area contributed by atoms with Crippen LogP contribution in [0.15, 0.2) is 36.9 Å². The molecule has 1 aromatic carbocycles. The highest BCUT2D eigenvalue weighted by molar-refractivity contribution is 5.69. The van der Waals surface area contributed by atoms with Crippen LogP contribution in [0.1, 0.15) is 18.9 Å². The van der Waals surface area contributed by atoms with Gasteiger partial charge in [0.25, 0.3) is 0 Å². The molecule has 4 nitrogen and oxygen atoms in total. The maximum Gasteiger partial charge on any atom is 0.127 e. The summed E-state index contributed by atoms with van der Waals surface area (Å²) in [6.07, 6.45) is 5.92. The molecular formula is C14H16N2O2. The van der Waals surface area contributed by atoms with Crippen LogP contribution in [-0.2, 0) is 6.61 Å². The van der Waals surface area contributed by atoms with Crippen LogP contribution < -0.4 is 4.74 Å². The van der Waals surface area contributed by atoms with E-state index in [1.807, 2.05) is 18.2 Å². The van der Waals surface area contributed by atoms with Gasteiger partial charge in [-0.15, -0.1) is 0 Å². The second kappa shape index (κ2) is 6.12. The van der Waals surface area contributed by atoms with Gasteiger partial charge < -0.3 is 9.84 Å². The zero-order chi connectivity index (χ0) is 12.8. The summed E-state index contributed by atoms with van der Waals surface area (Å²) in [7, 11) is 0. The van der Waals surface area contributed by atoms with Crippen LogP contribution >= 0.6 is 0 Å². The van der Waals surface area contributed by atoms with Crippen LogP contribution in [-0.4, -0.2) is 21.7 Å². The van der Waals surface area contributed by atoms with Gasteiger partial charge in [-0.05, 0) is 24.1 Å². The van der Waals surface area contributed by atoms with Crippen LogP contribution in [0.4, 0.5) is 0 Å². The van der Waals surface area contributed by atoms with E-state index in [1.54, 1.807) is 12.4 Å². The molecule has 18 heavy (non-hydrogen) atoms. The van der Waals surface area contributed by atoms with Crippen LogP contribution in [0, 0.1) is 0 Å². The van der Waals surface area contributed by atoms with Crippen LogP contribution in [0.2, 0.25) is 0 Å². The van der Waals surface area contributed by atoms with Crippen molar-refractivity contribution in [2.45, 2.75) is 20.0 Å². The van der Waals surface area contributed by atoms with Crippen LogP contribution in [0.25, 0.3) is 11.1 Å². The van der Waals surface area contributed by atoms with E-state index in [9.17, 15) is 5.11 Å². The second-order valence-electron chi connectivity index (χ2n) is 3.96. The molecule has 0 amide bonds. The normalized spacial score (nSPS) is 10.3. The largest absolute Gasteiger partial charge is 0.493 e. The summed E-state index contributed by atoms with van der Waals surface area (Å²) in [5, 5.41) is 9.20. The van der Waals surface area contributed by atoms with E-state index in [1.165, 1.54) is 6.33 Å². The summed E-state index contributed by atoms with van der Waals surface area (Å²) in [6.45, 7) is 2.74. The number of nitrogens with zero attached hydrogens (tertiary/aromatic N) is 2. The first-order valence-corrected chi connectivity index (χ1v) is 5.97. The Morgan fingerprint density at radius 2 is 2.00 bits per heavy atom. The Morgan fingerprint density at radius 3 is 2.67 bits per heavy atom. The molecule has 0 spiro atoms. The monoisotopic (exact) mass is 244 g/mol. The predicted molar refractivity (Wildman–Crippen MR) is 69.2 cm³/mol. The van der Waals surface area contributed by atoms with Crippen molar-refractivity contribution < 1.29 is 9.84 Å². The van der Waals surface area contributed by atoms with Gasteiger partial charge in [-0.25, -0.2) is 9.97 Å². The Kier molecular flexibility index (Phi) is 4.25. The van der Waals surface area contributed by atoms with E-state index in [4.69, 9.17) is 4.74 Å². The van der Waals surface area contributed by atoms with E-state index in [-0.39, 0.29) is 6.61 Å². The van der Waals surface area contributed by atoms with Crippen molar-refractivity contribution in [1.82, 2.24) is 9.97 Å². The summed E-state index contributed by atoms with van der Waals surface area (Å²) >= 11 is 0. The molecule has 0 aliphatic heterocycles. The third-order valence-corrected chi connectivity index (χ3v) is 2.56. The standard InChI is InChI=1S/C14H16N2O2/c1-2-5-18-14-4-3-11(9-17)6-13(14)12-7-15-10-16-8-12/h3-4,6-8,10,17H,2,5,9H2,1H3. The number of ether oxygens (including phenoxy) is 1. The molecule has 0 saturated carbocycles. The van der Waals surface area contributed by atoms with Gasteiger partial charge in [-0.1, -0.05) is 13.0 Å². The van der Waals surface area contributed by atoms with Crippen molar-refractivity contribution in [3.8, 4) is 16.9 Å². The third-order valence-electron chi connectivity index (χ3n) is 2.56. The smallest absolute Gasteiger partial charge is 0.127 e. The maximum atomic E-state index is 9.20. The van der Waals surface area contributed by atoms with E-state index in [2.05, 4.69) is 16.9 Å². The number of rotatable bonds is 5. The van der Waals surface area contributed by atoms with Gasteiger partial charge in [0.15, 0.2) is 0 Å². The maximum absolute atomic E-state index is 9.20. The van der Waals surface area contributed by atoms with Gasteiger partial charge in [-0.3, -0.25) is 0 Å². The minimum absolute atomic E-state index is 0.00868. The quantitative estimate of drug-likeness (QED) is 0.877. The molecule has 1 N–H and O–H groups in total. The Labute approximate surface area is 106 Å². The van der Waals surface area contributed by atoms with E-state index in [0.29, 0.717) is 6.61 Å². The number of aromatic nitrogens is 2. The van der Waals surface area contributed by atoms with Crippen molar-refractivity contribution in [2.24, 2.45) is 0 Å². The molecule has 94 valence electrons. The molecule has 0 aliphatic rings. The number of benzene rings is 1. The molecule has 2 rings (SSSR count). The zero-order valence-corrected chi connectivity index (χ0v) is 10.3. The van der Waals surface area contributed by atoms with Gasteiger partial charge in [0.1, 0.15) is 12.1 Å². The van der Waals surface area contributed by atoms with Crippen molar-refractivity contribution in [3.63, 3.8) is 0 Å². The summed E-state index contributed by atoms with van der Waals surface area (Å²) in [5.74, 6) is 0.795. The molecule has 1 heterocycles. The Bertz CT molecular complexity index is 500. The van der Waals surface area contributed by atoms with E-state index in [0.717, 1.165) is 28.9 Å². The molecule has 4 heteroatoms.